The molecule has 1 aromatic heterocycles. The predicted molar refractivity (Wildman–Crippen MR) is 125 cm³/mol. The highest BCUT2D eigenvalue weighted by atomic mass is 16.5. The van der Waals surface area contributed by atoms with Crippen molar-refractivity contribution in [2.75, 3.05) is 26.2 Å². The average Bonchev–Trinajstić information content (AvgIpc) is 3.27. The van der Waals surface area contributed by atoms with Crippen LogP contribution in [0, 0.1) is 0 Å². The SMILES string of the molecule is CC(C)Oc1ccc(-n2c(C(C)NCCN3CCCC3)nc3ccccc3c2=O)cc1. The zero-order chi connectivity index (χ0) is 21.8. The van der Waals surface area contributed by atoms with Crippen LogP contribution in [0.25, 0.3) is 16.6 Å². The number of benzene rings is 2. The molecule has 1 atom stereocenters. The van der Waals surface area contributed by atoms with E-state index in [0.29, 0.717) is 5.39 Å². The first-order valence-electron chi connectivity index (χ1n) is 11.3. The van der Waals surface area contributed by atoms with E-state index < -0.39 is 0 Å². The smallest absolute Gasteiger partial charge is 0.266 e. The third-order valence-corrected chi connectivity index (χ3v) is 5.73. The van der Waals surface area contributed by atoms with Crippen molar-refractivity contribution in [3.05, 3.63) is 64.7 Å². The van der Waals surface area contributed by atoms with Gasteiger partial charge in [-0.15, -0.1) is 0 Å². The van der Waals surface area contributed by atoms with E-state index in [-0.39, 0.29) is 17.7 Å². The summed E-state index contributed by atoms with van der Waals surface area (Å²) in [5.74, 6) is 1.52. The van der Waals surface area contributed by atoms with Crippen molar-refractivity contribution in [3.63, 3.8) is 0 Å². The van der Waals surface area contributed by atoms with Gasteiger partial charge in [-0.2, -0.15) is 0 Å². The van der Waals surface area contributed by atoms with Crippen molar-refractivity contribution >= 4 is 10.9 Å². The highest BCUT2D eigenvalue weighted by Crippen LogP contribution is 2.21. The Labute approximate surface area is 183 Å². The lowest BCUT2D eigenvalue weighted by atomic mass is 10.2. The largest absolute Gasteiger partial charge is 0.491 e. The van der Waals surface area contributed by atoms with Gasteiger partial charge >= 0.3 is 0 Å². The first kappa shape index (κ1) is 21.5. The molecular weight excluding hydrogens is 388 g/mol. The third-order valence-electron chi connectivity index (χ3n) is 5.73. The molecule has 164 valence electrons. The summed E-state index contributed by atoms with van der Waals surface area (Å²) in [5.41, 5.74) is 1.47. The fourth-order valence-corrected chi connectivity index (χ4v) is 4.17. The van der Waals surface area contributed by atoms with E-state index in [1.54, 1.807) is 4.57 Å². The molecule has 1 saturated heterocycles. The minimum atomic E-state index is -0.0634. The van der Waals surface area contributed by atoms with Gasteiger partial charge < -0.3 is 15.0 Å². The Bertz CT molecular complexity index is 1070. The predicted octanol–water partition coefficient (Wildman–Crippen LogP) is 3.92. The maximum Gasteiger partial charge on any atom is 0.266 e. The summed E-state index contributed by atoms with van der Waals surface area (Å²) in [5, 5.41) is 4.20. The van der Waals surface area contributed by atoms with Gasteiger partial charge in [0.1, 0.15) is 11.6 Å². The fraction of sp³-hybridized carbons (Fsp3) is 0.440. The van der Waals surface area contributed by atoms with Crippen molar-refractivity contribution in [2.24, 2.45) is 0 Å². The molecule has 1 aliphatic rings. The topological polar surface area (TPSA) is 59.4 Å². The van der Waals surface area contributed by atoms with Crippen LogP contribution in [-0.4, -0.2) is 46.7 Å². The Hall–Kier alpha value is -2.70. The molecule has 0 amide bonds. The second-order valence-corrected chi connectivity index (χ2v) is 8.51. The maximum atomic E-state index is 13.5. The van der Waals surface area contributed by atoms with Gasteiger partial charge in [0.25, 0.3) is 5.56 Å². The zero-order valence-electron chi connectivity index (χ0n) is 18.7. The fourth-order valence-electron chi connectivity index (χ4n) is 4.17. The Morgan fingerprint density at radius 3 is 2.45 bits per heavy atom. The molecule has 3 aromatic rings. The average molecular weight is 421 g/mol. The van der Waals surface area contributed by atoms with Crippen molar-refractivity contribution in [1.29, 1.82) is 0 Å². The van der Waals surface area contributed by atoms with Crippen LogP contribution >= 0.6 is 0 Å². The Balaban J connectivity index is 1.66. The van der Waals surface area contributed by atoms with Gasteiger partial charge in [-0.05, 0) is 83.1 Å². The number of hydrogen-bond acceptors (Lipinski definition) is 5. The molecule has 0 saturated carbocycles. The monoisotopic (exact) mass is 420 g/mol. The Kier molecular flexibility index (Phi) is 6.68. The van der Waals surface area contributed by atoms with Crippen LogP contribution in [0.2, 0.25) is 0 Å². The summed E-state index contributed by atoms with van der Waals surface area (Å²) in [6, 6.07) is 15.2. The lowest BCUT2D eigenvalue weighted by Gasteiger charge is -2.21. The molecule has 4 rings (SSSR count). The second-order valence-electron chi connectivity index (χ2n) is 8.51. The van der Waals surface area contributed by atoms with Gasteiger partial charge in [-0.1, -0.05) is 12.1 Å². The summed E-state index contributed by atoms with van der Waals surface area (Å²) in [7, 11) is 0. The summed E-state index contributed by atoms with van der Waals surface area (Å²) >= 11 is 0. The first-order chi connectivity index (χ1) is 15.0. The second kappa shape index (κ2) is 9.62. The molecule has 6 nitrogen and oxygen atoms in total. The van der Waals surface area contributed by atoms with E-state index in [0.717, 1.165) is 35.9 Å². The van der Waals surface area contributed by atoms with Crippen molar-refractivity contribution in [2.45, 2.75) is 45.8 Å². The molecule has 6 heteroatoms. The number of nitrogens with zero attached hydrogens (tertiary/aromatic N) is 3. The van der Waals surface area contributed by atoms with E-state index >= 15 is 0 Å². The third kappa shape index (κ3) is 4.97. The Morgan fingerprint density at radius 1 is 1.03 bits per heavy atom. The number of hydrogen-bond donors (Lipinski definition) is 1. The van der Waals surface area contributed by atoms with Crippen LogP contribution in [0.1, 0.15) is 45.5 Å². The molecule has 2 aromatic carbocycles. The summed E-state index contributed by atoms with van der Waals surface area (Å²) in [4.78, 5) is 20.8. The van der Waals surface area contributed by atoms with Crippen molar-refractivity contribution in [1.82, 2.24) is 19.8 Å². The zero-order valence-corrected chi connectivity index (χ0v) is 18.7. The van der Waals surface area contributed by atoms with Crippen LogP contribution in [0.3, 0.4) is 0 Å². The quantitative estimate of drug-likeness (QED) is 0.599. The molecule has 2 heterocycles. The molecule has 1 aliphatic heterocycles. The van der Waals surface area contributed by atoms with E-state index in [9.17, 15) is 4.79 Å². The summed E-state index contributed by atoms with van der Waals surface area (Å²) in [6.07, 6.45) is 2.68. The molecule has 1 N–H and O–H groups in total. The Morgan fingerprint density at radius 2 is 1.74 bits per heavy atom. The van der Waals surface area contributed by atoms with Crippen LogP contribution in [0.4, 0.5) is 0 Å². The highest BCUT2D eigenvalue weighted by Gasteiger charge is 2.18. The van der Waals surface area contributed by atoms with E-state index in [2.05, 4.69) is 17.1 Å². The van der Waals surface area contributed by atoms with E-state index in [1.165, 1.54) is 25.9 Å². The van der Waals surface area contributed by atoms with Crippen molar-refractivity contribution < 1.29 is 4.74 Å². The molecule has 0 radical (unpaired) electrons. The van der Waals surface area contributed by atoms with Gasteiger partial charge in [0.15, 0.2) is 0 Å². The molecule has 31 heavy (non-hydrogen) atoms. The van der Waals surface area contributed by atoms with Gasteiger partial charge in [0.05, 0.1) is 28.7 Å². The van der Waals surface area contributed by atoms with Gasteiger partial charge in [-0.25, -0.2) is 4.98 Å². The lowest BCUT2D eigenvalue weighted by molar-refractivity contribution is 0.242. The number of likely N-dealkylation sites (tertiary alicyclic amines) is 1. The van der Waals surface area contributed by atoms with Crippen LogP contribution in [0.5, 0.6) is 5.75 Å². The van der Waals surface area contributed by atoms with Gasteiger partial charge in [-0.3, -0.25) is 9.36 Å². The van der Waals surface area contributed by atoms with E-state index in [1.807, 2.05) is 62.4 Å². The maximum absolute atomic E-state index is 13.5. The molecular formula is C25H32N4O2. The van der Waals surface area contributed by atoms with Crippen LogP contribution in [0.15, 0.2) is 53.3 Å². The summed E-state index contributed by atoms with van der Waals surface area (Å²) in [6.45, 7) is 10.3. The molecule has 0 spiro atoms. The standard InChI is InChI=1S/C25H32N4O2/c1-18(2)31-21-12-10-20(11-13-21)29-24(19(3)26-14-17-28-15-6-7-16-28)27-23-9-5-4-8-22(23)25(29)30/h4-5,8-13,18-19,26H,6-7,14-17H2,1-3H3. The van der Waals surface area contributed by atoms with Gasteiger partial charge in [0.2, 0.25) is 0 Å². The van der Waals surface area contributed by atoms with Crippen LogP contribution in [-0.2, 0) is 0 Å². The van der Waals surface area contributed by atoms with Gasteiger partial charge in [0, 0.05) is 13.1 Å². The molecule has 0 aliphatic carbocycles. The minimum absolute atomic E-state index is 0.0497. The number of ether oxygens (including phenoxy) is 1. The number of fused-ring (bicyclic) bond motifs is 1. The first-order valence-corrected chi connectivity index (χ1v) is 11.3. The van der Waals surface area contributed by atoms with E-state index in [4.69, 9.17) is 9.72 Å². The summed E-state index contributed by atoms with van der Waals surface area (Å²) < 4.78 is 7.50. The number of para-hydroxylation sites is 1. The van der Waals surface area contributed by atoms with Crippen molar-refractivity contribution in [3.8, 4) is 11.4 Å². The minimum Gasteiger partial charge on any atom is -0.491 e. The normalized spacial score (nSPS) is 15.6. The lowest BCUT2D eigenvalue weighted by Crippen LogP contribution is -2.34. The number of rotatable bonds is 8. The molecule has 0 bridgehead atoms. The molecule has 1 fully saturated rings. The highest BCUT2D eigenvalue weighted by molar-refractivity contribution is 5.77. The number of nitrogens with one attached hydrogen (secondary N) is 1. The van der Waals surface area contributed by atoms with Crippen LogP contribution < -0.4 is 15.6 Å². The molecule has 1 unspecified atom stereocenters. The number of aromatic nitrogens is 2.